The first-order chi connectivity index (χ1) is 17.5. The van der Waals surface area contributed by atoms with Crippen molar-refractivity contribution in [1.82, 2.24) is 20.1 Å². The minimum Gasteiger partial charge on any atom is -0.458 e. The molecule has 8 nitrogen and oxygen atoms in total. The molecule has 1 aromatic heterocycles. The Morgan fingerprint density at radius 3 is 2.97 bits per heavy atom. The van der Waals surface area contributed by atoms with E-state index >= 15 is 0 Å². The molecule has 2 N–H and O–H groups in total. The molecular formula is C27H35N5O3S. The number of carbonyl (C=O) groups excluding carboxylic acids is 2. The Kier molecular flexibility index (Phi) is 7.57. The molecular weight excluding hydrogens is 474 g/mol. The number of Topliss-reactive ketones (excluding diaryl/α,β-unsaturated/α-hetero) is 1. The number of ketones is 1. The standard InChI is InChI=1S/C27H35N5O3S/c1-3-32-13-6-7-18(32)17-28-26(34)23-15-20(12-14-31(23)2)35-19-10-11-22-25(16-19)36-27(30-22)29-21-8-4-5-9-24(21)33/h10-12,15-16,18,21H,3-9,13-14,17H2,1-2H3,(H,28,34)(H,29,30)/t18-,21+/m0/s1. The van der Waals surface area contributed by atoms with Crippen LogP contribution in [0.4, 0.5) is 5.13 Å². The minimum absolute atomic E-state index is 0.0689. The van der Waals surface area contributed by atoms with Crippen molar-refractivity contribution >= 4 is 38.4 Å². The zero-order chi connectivity index (χ0) is 25.1. The molecule has 5 rings (SSSR count). The molecule has 0 unspecified atom stereocenters. The van der Waals surface area contributed by atoms with Gasteiger partial charge in [0, 0.05) is 44.7 Å². The number of aromatic nitrogens is 1. The van der Waals surface area contributed by atoms with Gasteiger partial charge < -0.3 is 20.3 Å². The molecule has 192 valence electrons. The first-order valence-electron chi connectivity index (χ1n) is 13.0. The summed E-state index contributed by atoms with van der Waals surface area (Å²) in [5.74, 6) is 1.56. The van der Waals surface area contributed by atoms with E-state index in [-0.39, 0.29) is 17.7 Å². The smallest absolute Gasteiger partial charge is 0.267 e. The van der Waals surface area contributed by atoms with Crippen LogP contribution in [0.2, 0.25) is 0 Å². The fourth-order valence-corrected chi connectivity index (χ4v) is 6.18. The third-order valence-corrected chi connectivity index (χ3v) is 8.29. The van der Waals surface area contributed by atoms with Gasteiger partial charge in [0.05, 0.1) is 16.3 Å². The highest BCUT2D eigenvalue weighted by Crippen LogP contribution is 2.32. The quantitative estimate of drug-likeness (QED) is 0.558. The molecule has 2 aromatic rings. The van der Waals surface area contributed by atoms with Gasteiger partial charge in [0.1, 0.15) is 17.2 Å². The van der Waals surface area contributed by atoms with E-state index in [2.05, 4.69) is 27.4 Å². The number of likely N-dealkylation sites (N-methyl/N-ethyl adjacent to an activating group) is 2. The summed E-state index contributed by atoms with van der Waals surface area (Å²) in [4.78, 5) is 34.1. The van der Waals surface area contributed by atoms with E-state index in [0.29, 0.717) is 42.8 Å². The van der Waals surface area contributed by atoms with E-state index in [0.717, 1.165) is 54.1 Å². The monoisotopic (exact) mass is 509 g/mol. The summed E-state index contributed by atoms with van der Waals surface area (Å²) in [7, 11) is 1.92. The summed E-state index contributed by atoms with van der Waals surface area (Å²) in [6.07, 6.45) is 9.68. The number of hydrogen-bond acceptors (Lipinski definition) is 8. The van der Waals surface area contributed by atoms with Crippen molar-refractivity contribution in [1.29, 1.82) is 0 Å². The van der Waals surface area contributed by atoms with Crippen LogP contribution in [-0.4, -0.2) is 71.8 Å². The molecule has 1 amide bonds. The van der Waals surface area contributed by atoms with Crippen molar-refractivity contribution in [2.24, 2.45) is 0 Å². The summed E-state index contributed by atoms with van der Waals surface area (Å²) >= 11 is 1.53. The molecule has 1 aliphatic carbocycles. The van der Waals surface area contributed by atoms with E-state index in [1.807, 2.05) is 42.3 Å². The van der Waals surface area contributed by atoms with Gasteiger partial charge in [-0.05, 0) is 57.0 Å². The van der Waals surface area contributed by atoms with Crippen LogP contribution in [-0.2, 0) is 9.59 Å². The van der Waals surface area contributed by atoms with Crippen molar-refractivity contribution in [3.63, 3.8) is 0 Å². The van der Waals surface area contributed by atoms with Crippen LogP contribution in [0.15, 0.2) is 41.8 Å². The van der Waals surface area contributed by atoms with Crippen LogP contribution in [0.3, 0.4) is 0 Å². The molecule has 0 bridgehead atoms. The fourth-order valence-electron chi connectivity index (χ4n) is 5.23. The molecule has 36 heavy (non-hydrogen) atoms. The zero-order valence-corrected chi connectivity index (χ0v) is 21.9. The summed E-state index contributed by atoms with van der Waals surface area (Å²) in [5.41, 5.74) is 1.48. The van der Waals surface area contributed by atoms with E-state index < -0.39 is 0 Å². The minimum atomic E-state index is -0.132. The van der Waals surface area contributed by atoms with Crippen molar-refractivity contribution in [2.45, 2.75) is 57.5 Å². The molecule has 2 atom stereocenters. The SMILES string of the molecule is CCN1CCC[C@H]1CNC(=O)C1=CC(Oc2ccc3nc(N[C@@H]4CCCCC4=O)sc3c2)=CCN1C. The molecule has 0 radical (unpaired) electrons. The molecule has 1 saturated carbocycles. The number of carbonyl (C=O) groups is 2. The maximum atomic E-state index is 13.0. The normalized spacial score (nSPS) is 22.9. The van der Waals surface area contributed by atoms with E-state index in [1.165, 1.54) is 17.8 Å². The number of nitrogens with one attached hydrogen (secondary N) is 2. The molecule has 3 heterocycles. The first-order valence-corrected chi connectivity index (χ1v) is 13.8. The number of nitrogens with zero attached hydrogens (tertiary/aromatic N) is 3. The second-order valence-corrected chi connectivity index (χ2v) is 10.8. The van der Waals surface area contributed by atoms with E-state index in [1.54, 1.807) is 0 Å². The van der Waals surface area contributed by atoms with Crippen LogP contribution in [0, 0.1) is 0 Å². The highest BCUT2D eigenvalue weighted by atomic mass is 32.1. The Morgan fingerprint density at radius 1 is 1.25 bits per heavy atom. The van der Waals surface area contributed by atoms with E-state index in [4.69, 9.17) is 4.74 Å². The van der Waals surface area contributed by atoms with Crippen molar-refractivity contribution in [3.05, 3.63) is 41.8 Å². The van der Waals surface area contributed by atoms with Crippen LogP contribution in [0.25, 0.3) is 10.2 Å². The van der Waals surface area contributed by atoms with Gasteiger partial charge in [0.15, 0.2) is 10.9 Å². The number of ether oxygens (including phenoxy) is 1. The molecule has 0 spiro atoms. The summed E-state index contributed by atoms with van der Waals surface area (Å²) in [6.45, 7) is 5.57. The van der Waals surface area contributed by atoms with Gasteiger partial charge in [-0.2, -0.15) is 0 Å². The molecule has 1 aromatic carbocycles. The number of hydrogen-bond donors (Lipinski definition) is 2. The Bertz CT molecular complexity index is 1190. The number of allylic oxidation sites excluding steroid dienone is 1. The lowest BCUT2D eigenvalue weighted by Gasteiger charge is -2.27. The van der Waals surface area contributed by atoms with E-state index in [9.17, 15) is 9.59 Å². The third-order valence-electron chi connectivity index (χ3n) is 7.34. The Hall–Kier alpha value is -2.91. The predicted octanol–water partition coefficient (Wildman–Crippen LogP) is 3.91. The lowest BCUT2D eigenvalue weighted by molar-refractivity contribution is -0.121. The molecule has 3 aliphatic rings. The van der Waals surface area contributed by atoms with Crippen molar-refractivity contribution in [2.75, 3.05) is 38.5 Å². The van der Waals surface area contributed by atoms with Gasteiger partial charge in [0.2, 0.25) is 0 Å². The summed E-state index contributed by atoms with van der Waals surface area (Å²) < 4.78 is 7.15. The van der Waals surface area contributed by atoms with Crippen LogP contribution in [0.1, 0.15) is 45.4 Å². The zero-order valence-electron chi connectivity index (χ0n) is 21.1. The van der Waals surface area contributed by atoms with Gasteiger partial charge >= 0.3 is 0 Å². The third kappa shape index (κ3) is 5.57. The van der Waals surface area contributed by atoms with Crippen molar-refractivity contribution in [3.8, 4) is 5.75 Å². The molecule has 1 saturated heterocycles. The Balaban J connectivity index is 1.23. The topological polar surface area (TPSA) is 86.8 Å². The Morgan fingerprint density at radius 2 is 2.14 bits per heavy atom. The number of likely N-dealkylation sites (tertiary alicyclic amines) is 1. The number of amides is 1. The number of thiazole rings is 1. The average Bonchev–Trinajstić information content (AvgIpc) is 3.51. The fraction of sp³-hybridized carbons (Fsp3) is 0.519. The molecule has 2 aliphatic heterocycles. The van der Waals surface area contributed by atoms with Crippen LogP contribution >= 0.6 is 11.3 Å². The largest absolute Gasteiger partial charge is 0.458 e. The first kappa shape index (κ1) is 24.8. The number of anilines is 1. The molecule has 2 fully saturated rings. The van der Waals surface area contributed by atoms with Crippen molar-refractivity contribution < 1.29 is 14.3 Å². The van der Waals surface area contributed by atoms with Gasteiger partial charge in [-0.3, -0.25) is 14.5 Å². The van der Waals surface area contributed by atoms with Gasteiger partial charge in [-0.15, -0.1) is 0 Å². The average molecular weight is 510 g/mol. The maximum absolute atomic E-state index is 13.0. The second kappa shape index (κ2) is 11.0. The van der Waals surface area contributed by atoms with Crippen LogP contribution in [0.5, 0.6) is 5.75 Å². The number of benzene rings is 1. The predicted molar refractivity (Wildman–Crippen MR) is 143 cm³/mol. The Labute approximate surface area is 216 Å². The van der Waals surface area contributed by atoms with Gasteiger partial charge in [0.25, 0.3) is 5.91 Å². The summed E-state index contributed by atoms with van der Waals surface area (Å²) in [5, 5.41) is 7.22. The highest BCUT2D eigenvalue weighted by Gasteiger charge is 2.26. The maximum Gasteiger partial charge on any atom is 0.267 e. The highest BCUT2D eigenvalue weighted by molar-refractivity contribution is 7.22. The lowest BCUT2D eigenvalue weighted by atomic mass is 9.94. The number of rotatable bonds is 8. The summed E-state index contributed by atoms with van der Waals surface area (Å²) in [6, 6.07) is 6.08. The second-order valence-electron chi connectivity index (χ2n) is 9.81. The van der Waals surface area contributed by atoms with Crippen LogP contribution < -0.4 is 15.4 Å². The number of fused-ring (bicyclic) bond motifs is 1. The van der Waals surface area contributed by atoms with Gasteiger partial charge in [-0.1, -0.05) is 24.7 Å². The molecule has 9 heteroatoms. The van der Waals surface area contributed by atoms with Gasteiger partial charge in [-0.25, -0.2) is 4.98 Å². The lowest BCUT2D eigenvalue weighted by Crippen LogP contribution is -2.42.